The lowest BCUT2D eigenvalue weighted by atomic mass is 9.75. The van der Waals surface area contributed by atoms with Gasteiger partial charge in [-0.1, -0.05) is 25.3 Å². The van der Waals surface area contributed by atoms with Gasteiger partial charge in [0.15, 0.2) is 0 Å². The van der Waals surface area contributed by atoms with E-state index in [1.54, 1.807) is 18.2 Å². The first-order valence-electron chi connectivity index (χ1n) is 7.61. The van der Waals surface area contributed by atoms with Crippen LogP contribution in [0.5, 0.6) is 5.75 Å². The molecule has 0 atom stereocenters. The molecule has 1 fully saturated rings. The Morgan fingerprint density at radius 2 is 2.05 bits per heavy atom. The summed E-state index contributed by atoms with van der Waals surface area (Å²) in [4.78, 5) is 11.1. The standard InChI is InChI=1S/C17H22N2O3/c1-13(20)21-11-17(8-3-2-4-9-17)12-22-16-7-5-6-15(19)14(16)10-18/h5-7H,2-4,8-9,11-12,19H2,1H3. The predicted octanol–water partition coefficient (Wildman–Crippen LogP) is 3.03. The second kappa shape index (κ2) is 7.17. The van der Waals surface area contributed by atoms with Gasteiger partial charge >= 0.3 is 5.97 Å². The number of ether oxygens (including phenoxy) is 2. The molecule has 0 radical (unpaired) electrons. The molecule has 0 spiro atoms. The van der Waals surface area contributed by atoms with Gasteiger partial charge in [0.05, 0.1) is 12.3 Å². The largest absolute Gasteiger partial charge is 0.491 e. The SMILES string of the molecule is CC(=O)OCC1(COc2cccc(N)c2C#N)CCCCC1. The lowest BCUT2D eigenvalue weighted by Gasteiger charge is -2.36. The Hall–Kier alpha value is -2.22. The van der Waals surface area contributed by atoms with E-state index in [9.17, 15) is 10.1 Å². The first-order chi connectivity index (χ1) is 10.6. The van der Waals surface area contributed by atoms with Crippen LogP contribution in [0.25, 0.3) is 0 Å². The van der Waals surface area contributed by atoms with Crippen molar-refractivity contribution in [2.45, 2.75) is 39.0 Å². The molecular weight excluding hydrogens is 280 g/mol. The lowest BCUT2D eigenvalue weighted by molar-refractivity contribution is -0.146. The fraction of sp³-hybridized carbons (Fsp3) is 0.529. The number of rotatable bonds is 5. The third-order valence-corrected chi connectivity index (χ3v) is 4.20. The number of esters is 1. The van der Waals surface area contributed by atoms with Gasteiger partial charge in [-0.2, -0.15) is 5.26 Å². The molecule has 0 unspecified atom stereocenters. The highest BCUT2D eigenvalue weighted by Gasteiger charge is 2.34. The molecule has 0 amide bonds. The van der Waals surface area contributed by atoms with Gasteiger partial charge < -0.3 is 15.2 Å². The van der Waals surface area contributed by atoms with Crippen molar-refractivity contribution < 1.29 is 14.3 Å². The zero-order chi connectivity index (χ0) is 16.0. The average molecular weight is 302 g/mol. The Labute approximate surface area is 131 Å². The van der Waals surface area contributed by atoms with Gasteiger partial charge in [-0.05, 0) is 25.0 Å². The van der Waals surface area contributed by atoms with E-state index in [2.05, 4.69) is 6.07 Å². The highest BCUT2D eigenvalue weighted by Crippen LogP contribution is 2.38. The number of hydrogen-bond donors (Lipinski definition) is 1. The van der Waals surface area contributed by atoms with Crippen LogP contribution in [-0.2, 0) is 9.53 Å². The zero-order valence-electron chi connectivity index (χ0n) is 12.9. The fourth-order valence-corrected chi connectivity index (χ4v) is 2.91. The summed E-state index contributed by atoms with van der Waals surface area (Å²) in [5.74, 6) is 0.224. The highest BCUT2D eigenvalue weighted by atomic mass is 16.5. The molecule has 5 heteroatoms. The molecule has 5 nitrogen and oxygen atoms in total. The van der Waals surface area contributed by atoms with Crippen LogP contribution >= 0.6 is 0 Å². The number of benzene rings is 1. The van der Waals surface area contributed by atoms with E-state index >= 15 is 0 Å². The van der Waals surface area contributed by atoms with Gasteiger partial charge in [0, 0.05) is 12.3 Å². The van der Waals surface area contributed by atoms with Crippen LogP contribution in [0.2, 0.25) is 0 Å². The quantitative estimate of drug-likeness (QED) is 0.667. The number of nitrogen functional groups attached to an aromatic ring is 1. The fourth-order valence-electron chi connectivity index (χ4n) is 2.91. The number of carbonyl (C=O) groups excluding carboxylic acids is 1. The number of anilines is 1. The van der Waals surface area contributed by atoms with Crippen LogP contribution < -0.4 is 10.5 Å². The molecule has 118 valence electrons. The normalized spacial score (nSPS) is 16.5. The monoisotopic (exact) mass is 302 g/mol. The molecule has 0 bridgehead atoms. The van der Waals surface area contributed by atoms with Gasteiger partial charge in [0.25, 0.3) is 0 Å². The third kappa shape index (κ3) is 3.91. The average Bonchev–Trinajstić information content (AvgIpc) is 2.52. The molecule has 0 aliphatic heterocycles. The minimum atomic E-state index is -0.272. The molecular formula is C17H22N2O3. The van der Waals surface area contributed by atoms with Crippen molar-refractivity contribution in [2.24, 2.45) is 5.41 Å². The minimum Gasteiger partial charge on any atom is -0.491 e. The van der Waals surface area contributed by atoms with Crippen molar-refractivity contribution in [3.05, 3.63) is 23.8 Å². The van der Waals surface area contributed by atoms with Crippen molar-refractivity contribution in [2.75, 3.05) is 18.9 Å². The van der Waals surface area contributed by atoms with Crippen LogP contribution in [0.1, 0.15) is 44.6 Å². The molecule has 1 aromatic rings. The van der Waals surface area contributed by atoms with Gasteiger partial charge in [0.2, 0.25) is 0 Å². The molecule has 1 saturated carbocycles. The van der Waals surface area contributed by atoms with Crippen LogP contribution in [0.4, 0.5) is 5.69 Å². The van der Waals surface area contributed by atoms with E-state index in [-0.39, 0.29) is 11.4 Å². The third-order valence-electron chi connectivity index (χ3n) is 4.20. The van der Waals surface area contributed by atoms with E-state index in [1.807, 2.05) is 0 Å². The van der Waals surface area contributed by atoms with Gasteiger partial charge in [-0.15, -0.1) is 0 Å². The predicted molar refractivity (Wildman–Crippen MR) is 83.2 cm³/mol. The molecule has 0 saturated heterocycles. The number of nitrogens with zero attached hydrogens (tertiary/aromatic N) is 1. The first kappa shape index (κ1) is 16.2. The number of nitriles is 1. The lowest BCUT2D eigenvalue weighted by Crippen LogP contribution is -2.36. The highest BCUT2D eigenvalue weighted by molar-refractivity contribution is 5.66. The molecule has 22 heavy (non-hydrogen) atoms. The van der Waals surface area contributed by atoms with Crippen molar-refractivity contribution in [1.29, 1.82) is 5.26 Å². The molecule has 1 aliphatic carbocycles. The summed E-state index contributed by atoms with van der Waals surface area (Å²) in [6.07, 6.45) is 5.33. The molecule has 0 heterocycles. The van der Waals surface area contributed by atoms with Crippen molar-refractivity contribution in [3.8, 4) is 11.8 Å². The Kier molecular flexibility index (Phi) is 5.26. The summed E-state index contributed by atoms with van der Waals surface area (Å²) >= 11 is 0. The van der Waals surface area contributed by atoms with E-state index < -0.39 is 0 Å². The topological polar surface area (TPSA) is 85.3 Å². The second-order valence-electron chi connectivity index (χ2n) is 5.96. The van der Waals surface area contributed by atoms with Crippen LogP contribution in [0, 0.1) is 16.7 Å². The van der Waals surface area contributed by atoms with E-state index in [4.69, 9.17) is 15.2 Å². The zero-order valence-corrected chi connectivity index (χ0v) is 12.9. The van der Waals surface area contributed by atoms with Crippen LogP contribution in [0.3, 0.4) is 0 Å². The molecule has 2 rings (SSSR count). The number of hydrogen-bond acceptors (Lipinski definition) is 5. The Bertz CT molecular complexity index is 572. The maximum absolute atomic E-state index is 11.1. The van der Waals surface area contributed by atoms with Gasteiger partial charge in [-0.3, -0.25) is 4.79 Å². The number of nitrogens with two attached hydrogens (primary N) is 1. The summed E-state index contributed by atoms with van der Waals surface area (Å²) in [5, 5.41) is 9.20. The summed E-state index contributed by atoms with van der Waals surface area (Å²) in [6.45, 7) is 2.22. The van der Waals surface area contributed by atoms with Crippen LogP contribution in [0.15, 0.2) is 18.2 Å². The van der Waals surface area contributed by atoms with E-state index in [0.29, 0.717) is 30.2 Å². The van der Waals surface area contributed by atoms with Crippen molar-refractivity contribution >= 4 is 11.7 Å². The van der Waals surface area contributed by atoms with Gasteiger partial charge in [0.1, 0.15) is 24.0 Å². The summed E-state index contributed by atoms with van der Waals surface area (Å²) in [7, 11) is 0. The minimum absolute atomic E-state index is 0.165. The number of carbonyl (C=O) groups is 1. The maximum atomic E-state index is 11.1. The Morgan fingerprint density at radius 1 is 1.32 bits per heavy atom. The molecule has 1 aromatic carbocycles. The Morgan fingerprint density at radius 3 is 2.68 bits per heavy atom. The summed E-state index contributed by atoms with van der Waals surface area (Å²) in [5.41, 5.74) is 6.41. The van der Waals surface area contributed by atoms with Crippen LogP contribution in [-0.4, -0.2) is 19.2 Å². The molecule has 1 aliphatic rings. The first-order valence-corrected chi connectivity index (χ1v) is 7.61. The van der Waals surface area contributed by atoms with E-state index in [1.165, 1.54) is 13.3 Å². The molecule has 0 aromatic heterocycles. The Balaban J connectivity index is 2.10. The second-order valence-corrected chi connectivity index (χ2v) is 5.96. The smallest absolute Gasteiger partial charge is 0.302 e. The van der Waals surface area contributed by atoms with Gasteiger partial charge in [-0.25, -0.2) is 0 Å². The van der Waals surface area contributed by atoms with Crippen molar-refractivity contribution in [3.63, 3.8) is 0 Å². The van der Waals surface area contributed by atoms with Crippen molar-refractivity contribution in [1.82, 2.24) is 0 Å². The summed E-state index contributed by atoms with van der Waals surface area (Å²) < 4.78 is 11.1. The van der Waals surface area contributed by atoms with E-state index in [0.717, 1.165) is 25.7 Å². The summed E-state index contributed by atoms with van der Waals surface area (Å²) in [6, 6.07) is 7.28. The molecule has 2 N–H and O–H groups in total. The maximum Gasteiger partial charge on any atom is 0.302 e.